The molecule has 0 saturated heterocycles. The van der Waals surface area contributed by atoms with Crippen molar-refractivity contribution in [3.05, 3.63) is 34.4 Å². The van der Waals surface area contributed by atoms with E-state index in [1.54, 1.807) is 24.1 Å². The van der Waals surface area contributed by atoms with E-state index in [4.69, 9.17) is 0 Å². The highest BCUT2D eigenvalue weighted by Crippen LogP contribution is 2.60. The molecule has 27 heavy (non-hydrogen) atoms. The number of non-ortho nitro benzene ring substituents is 1. The number of nitrogens with zero attached hydrogens (tertiary/aromatic N) is 3. The zero-order valence-corrected chi connectivity index (χ0v) is 16.3. The van der Waals surface area contributed by atoms with Gasteiger partial charge in [0.15, 0.2) is 0 Å². The number of hydrogen-bond acceptors (Lipinski definition) is 4. The Morgan fingerprint density at radius 2 is 1.59 bits per heavy atom. The van der Waals surface area contributed by atoms with E-state index in [9.17, 15) is 14.9 Å². The van der Waals surface area contributed by atoms with Crippen LogP contribution in [0.15, 0.2) is 24.3 Å². The van der Waals surface area contributed by atoms with Gasteiger partial charge < -0.3 is 4.90 Å². The summed E-state index contributed by atoms with van der Waals surface area (Å²) < 4.78 is 0. The molecule has 4 aliphatic carbocycles. The molecule has 4 aliphatic rings. The smallest absolute Gasteiger partial charge is 0.269 e. The minimum atomic E-state index is -0.426. The number of rotatable bonds is 6. The molecular weight excluding hydrogens is 342 g/mol. The highest BCUT2D eigenvalue weighted by atomic mass is 16.6. The van der Waals surface area contributed by atoms with Crippen LogP contribution < -0.4 is 4.90 Å². The van der Waals surface area contributed by atoms with E-state index in [0.29, 0.717) is 17.6 Å². The van der Waals surface area contributed by atoms with Crippen molar-refractivity contribution in [1.29, 1.82) is 0 Å². The van der Waals surface area contributed by atoms with Crippen LogP contribution in [-0.2, 0) is 4.79 Å². The Kier molecular flexibility index (Phi) is 4.70. The van der Waals surface area contributed by atoms with Crippen molar-refractivity contribution < 1.29 is 9.72 Å². The van der Waals surface area contributed by atoms with Crippen molar-refractivity contribution in [3.8, 4) is 0 Å². The molecule has 4 fully saturated rings. The Labute approximate surface area is 160 Å². The molecule has 6 heteroatoms. The summed E-state index contributed by atoms with van der Waals surface area (Å²) in [6, 6.07) is 6.15. The van der Waals surface area contributed by atoms with Gasteiger partial charge in [-0.15, -0.1) is 0 Å². The van der Waals surface area contributed by atoms with Gasteiger partial charge in [0.2, 0.25) is 5.91 Å². The minimum Gasteiger partial charge on any atom is -0.314 e. The number of amides is 1. The van der Waals surface area contributed by atoms with Crippen molar-refractivity contribution in [3.63, 3.8) is 0 Å². The summed E-state index contributed by atoms with van der Waals surface area (Å²) in [5.41, 5.74) is 1.16. The molecule has 5 rings (SSSR count). The molecule has 0 radical (unpaired) electrons. The lowest BCUT2D eigenvalue weighted by Gasteiger charge is -2.57. The monoisotopic (exact) mass is 371 g/mol. The number of likely N-dealkylation sites (N-methyl/N-ethyl adjacent to an activating group) is 2. The molecule has 4 bridgehead atoms. The highest BCUT2D eigenvalue weighted by Gasteiger charge is 2.51. The van der Waals surface area contributed by atoms with Crippen LogP contribution in [0.4, 0.5) is 11.4 Å². The summed E-state index contributed by atoms with van der Waals surface area (Å²) in [7, 11) is 3.79. The molecule has 0 N–H and O–H groups in total. The van der Waals surface area contributed by atoms with Gasteiger partial charge in [-0.25, -0.2) is 0 Å². The van der Waals surface area contributed by atoms with Gasteiger partial charge in [0.25, 0.3) is 5.69 Å². The molecule has 0 aromatic heterocycles. The van der Waals surface area contributed by atoms with E-state index in [-0.39, 0.29) is 11.6 Å². The van der Waals surface area contributed by atoms with Gasteiger partial charge in [0.05, 0.1) is 11.5 Å². The molecule has 146 valence electrons. The topological polar surface area (TPSA) is 66.7 Å². The lowest BCUT2D eigenvalue weighted by Crippen LogP contribution is -2.51. The second-order valence-corrected chi connectivity index (χ2v) is 9.32. The van der Waals surface area contributed by atoms with E-state index >= 15 is 0 Å². The summed E-state index contributed by atoms with van der Waals surface area (Å²) in [6.45, 7) is 1.39. The Morgan fingerprint density at radius 3 is 2.07 bits per heavy atom. The standard InChI is InChI=1S/C21H29N3O3/c1-22(14-21-10-15-7-16(11-21)9-17(8-15)12-21)13-20(25)23(2)18-3-5-19(6-4-18)24(26)27/h3-6,15-17H,7-14H2,1-2H3. The van der Waals surface area contributed by atoms with Crippen LogP contribution in [0, 0.1) is 33.3 Å². The molecule has 6 nitrogen and oxygen atoms in total. The number of hydrogen-bond donors (Lipinski definition) is 0. The van der Waals surface area contributed by atoms with Gasteiger partial charge in [0, 0.05) is 31.4 Å². The first-order valence-electron chi connectivity index (χ1n) is 10.0. The Bertz CT molecular complexity index is 695. The van der Waals surface area contributed by atoms with Crippen LogP contribution in [0.1, 0.15) is 38.5 Å². The molecule has 0 heterocycles. The second-order valence-electron chi connectivity index (χ2n) is 9.32. The summed E-state index contributed by atoms with van der Waals surface area (Å²) in [6.07, 6.45) is 8.33. The van der Waals surface area contributed by atoms with E-state index in [2.05, 4.69) is 11.9 Å². The zero-order valence-electron chi connectivity index (χ0n) is 16.3. The first-order chi connectivity index (χ1) is 12.8. The number of benzene rings is 1. The van der Waals surface area contributed by atoms with Gasteiger partial charge in [-0.3, -0.25) is 19.8 Å². The quantitative estimate of drug-likeness (QED) is 0.565. The van der Waals surface area contributed by atoms with Gasteiger partial charge in [0.1, 0.15) is 0 Å². The third-order valence-corrected chi connectivity index (χ3v) is 7.00. The van der Waals surface area contributed by atoms with Gasteiger partial charge >= 0.3 is 0 Å². The molecule has 0 atom stereocenters. The molecule has 0 unspecified atom stereocenters. The Hall–Kier alpha value is -1.95. The molecule has 4 saturated carbocycles. The van der Waals surface area contributed by atoms with Gasteiger partial charge in [-0.1, -0.05) is 0 Å². The lowest BCUT2D eigenvalue weighted by atomic mass is 9.49. The Balaban J connectivity index is 1.35. The van der Waals surface area contributed by atoms with Crippen LogP contribution in [0.5, 0.6) is 0 Å². The maximum absolute atomic E-state index is 12.7. The number of nitro benzene ring substituents is 1. The normalized spacial score (nSPS) is 31.3. The number of carbonyl (C=O) groups is 1. The molecular formula is C21H29N3O3. The summed E-state index contributed by atoms with van der Waals surface area (Å²) in [5.74, 6) is 2.78. The van der Waals surface area contributed by atoms with Gasteiger partial charge in [-0.05, 0) is 80.9 Å². The van der Waals surface area contributed by atoms with Crippen LogP contribution in [-0.4, -0.2) is 42.9 Å². The lowest BCUT2D eigenvalue weighted by molar-refractivity contribution is -0.384. The largest absolute Gasteiger partial charge is 0.314 e. The third kappa shape index (κ3) is 3.72. The number of anilines is 1. The van der Waals surface area contributed by atoms with Crippen molar-refractivity contribution in [2.24, 2.45) is 23.2 Å². The first-order valence-corrected chi connectivity index (χ1v) is 10.0. The molecule has 1 aromatic rings. The van der Waals surface area contributed by atoms with Crippen LogP contribution in [0.2, 0.25) is 0 Å². The predicted molar refractivity (Wildman–Crippen MR) is 105 cm³/mol. The third-order valence-electron chi connectivity index (χ3n) is 7.00. The maximum atomic E-state index is 12.7. The minimum absolute atomic E-state index is 0.0241. The van der Waals surface area contributed by atoms with E-state index < -0.39 is 4.92 Å². The summed E-state index contributed by atoms with van der Waals surface area (Å²) in [5, 5.41) is 10.8. The van der Waals surface area contributed by atoms with E-state index in [0.717, 1.165) is 24.3 Å². The van der Waals surface area contributed by atoms with Crippen LogP contribution in [0.25, 0.3) is 0 Å². The van der Waals surface area contributed by atoms with Crippen molar-refractivity contribution in [2.45, 2.75) is 38.5 Å². The number of nitro groups is 1. The fourth-order valence-electron chi connectivity index (χ4n) is 6.39. The maximum Gasteiger partial charge on any atom is 0.269 e. The van der Waals surface area contributed by atoms with Crippen molar-refractivity contribution in [1.82, 2.24) is 4.90 Å². The highest BCUT2D eigenvalue weighted by molar-refractivity contribution is 5.94. The van der Waals surface area contributed by atoms with E-state index in [1.165, 1.54) is 50.7 Å². The van der Waals surface area contributed by atoms with Crippen LogP contribution in [0.3, 0.4) is 0 Å². The summed E-state index contributed by atoms with van der Waals surface area (Å²) in [4.78, 5) is 26.9. The molecule has 1 aromatic carbocycles. The molecule has 0 spiro atoms. The van der Waals surface area contributed by atoms with Gasteiger partial charge in [-0.2, -0.15) is 0 Å². The first kappa shape index (κ1) is 18.4. The number of carbonyl (C=O) groups excluding carboxylic acids is 1. The van der Waals surface area contributed by atoms with Crippen molar-refractivity contribution in [2.75, 3.05) is 32.1 Å². The van der Waals surface area contributed by atoms with Crippen LogP contribution >= 0.6 is 0 Å². The fraction of sp³-hybridized carbons (Fsp3) is 0.667. The summed E-state index contributed by atoms with van der Waals surface area (Å²) >= 11 is 0. The SMILES string of the molecule is CN(CC(=O)N(C)c1ccc([N+](=O)[O-])cc1)CC12CC3CC(CC(C3)C1)C2. The Morgan fingerprint density at radius 1 is 1.07 bits per heavy atom. The van der Waals surface area contributed by atoms with E-state index in [1.807, 2.05) is 0 Å². The fourth-order valence-corrected chi connectivity index (χ4v) is 6.39. The average molecular weight is 371 g/mol. The average Bonchev–Trinajstić information content (AvgIpc) is 2.59. The van der Waals surface area contributed by atoms with Crippen molar-refractivity contribution >= 4 is 17.3 Å². The predicted octanol–water partition coefficient (Wildman–Crippen LogP) is 3.71. The second kappa shape index (κ2) is 6.89. The zero-order chi connectivity index (χ0) is 19.2. The molecule has 1 amide bonds. The molecule has 0 aliphatic heterocycles.